The molecule has 1 saturated carbocycles. The topological polar surface area (TPSA) is 73.6 Å². The number of nitrogens with one attached hydrogen (secondary N) is 1. The molecule has 110 valence electrons. The van der Waals surface area contributed by atoms with Crippen LogP contribution in [0.5, 0.6) is 0 Å². The van der Waals surface area contributed by atoms with E-state index in [-0.39, 0.29) is 24.0 Å². The Kier molecular flexibility index (Phi) is 3.52. The fraction of sp³-hybridized carbons (Fsp3) is 0.714. The van der Waals surface area contributed by atoms with Crippen LogP contribution in [0, 0.1) is 25.7 Å². The molecule has 0 spiro atoms. The Bertz CT molecular complexity index is 513. The summed E-state index contributed by atoms with van der Waals surface area (Å²) in [6.45, 7) is 4.88. The van der Waals surface area contributed by atoms with Crippen molar-refractivity contribution in [3.63, 3.8) is 0 Å². The summed E-state index contributed by atoms with van der Waals surface area (Å²) in [4.78, 5) is 16.4. The number of rotatable bonds is 4. The molecular formula is C14H20N2O4. The highest BCUT2D eigenvalue weighted by atomic mass is 16.5. The third kappa shape index (κ3) is 2.13. The number of aryl methyl sites for hydroxylation is 2. The second-order valence-electron chi connectivity index (χ2n) is 5.55. The first-order chi connectivity index (χ1) is 9.61. The molecule has 2 fully saturated rings. The highest BCUT2D eigenvalue weighted by Gasteiger charge is 2.54. The van der Waals surface area contributed by atoms with Crippen LogP contribution >= 0.6 is 0 Å². The maximum atomic E-state index is 12.3. The smallest absolute Gasteiger partial charge is 0.289 e. The maximum Gasteiger partial charge on any atom is 0.289 e. The second-order valence-corrected chi connectivity index (χ2v) is 5.55. The number of carbonyl (C=O) groups excluding carboxylic acids is 1. The Morgan fingerprint density at radius 3 is 2.95 bits per heavy atom. The van der Waals surface area contributed by atoms with Gasteiger partial charge < -0.3 is 19.2 Å². The van der Waals surface area contributed by atoms with E-state index < -0.39 is 0 Å². The van der Waals surface area contributed by atoms with E-state index in [4.69, 9.17) is 13.9 Å². The number of oxazole rings is 1. The van der Waals surface area contributed by atoms with Gasteiger partial charge in [-0.1, -0.05) is 0 Å². The van der Waals surface area contributed by atoms with Gasteiger partial charge in [0.2, 0.25) is 5.76 Å². The standard InChI is InChI=1S/C14H20N2O4/c1-7-12(20-8(2)15-7)14(17)16-11-9-4-5-19-13(9)10(11)6-18-3/h9-11,13H,4-6H2,1-3H3,(H,16,17)/t9-,10+,11+,13-/m0/s1. The predicted octanol–water partition coefficient (Wildman–Crippen LogP) is 1.07. The number of ether oxygens (including phenoxy) is 2. The summed E-state index contributed by atoms with van der Waals surface area (Å²) in [5.74, 6) is 1.24. The third-order valence-corrected chi connectivity index (χ3v) is 4.29. The Morgan fingerprint density at radius 2 is 2.30 bits per heavy atom. The number of nitrogens with zero attached hydrogens (tertiary/aromatic N) is 1. The van der Waals surface area contributed by atoms with Crippen molar-refractivity contribution < 1.29 is 18.7 Å². The van der Waals surface area contributed by atoms with E-state index in [0.29, 0.717) is 29.9 Å². The number of hydrogen-bond donors (Lipinski definition) is 1. The van der Waals surface area contributed by atoms with Crippen LogP contribution in [0.15, 0.2) is 4.42 Å². The molecular weight excluding hydrogens is 260 g/mol. The molecule has 1 N–H and O–H groups in total. The molecule has 1 aliphatic heterocycles. The van der Waals surface area contributed by atoms with Gasteiger partial charge in [0, 0.05) is 38.5 Å². The minimum Gasteiger partial charge on any atom is -0.436 e. The van der Waals surface area contributed by atoms with Crippen molar-refractivity contribution in [1.82, 2.24) is 10.3 Å². The van der Waals surface area contributed by atoms with Crippen LogP contribution < -0.4 is 5.32 Å². The summed E-state index contributed by atoms with van der Waals surface area (Å²) in [7, 11) is 1.67. The lowest BCUT2D eigenvalue weighted by Crippen LogP contribution is -2.62. The minimum absolute atomic E-state index is 0.0970. The largest absolute Gasteiger partial charge is 0.436 e. The van der Waals surface area contributed by atoms with Crippen LogP contribution in [0.1, 0.15) is 28.6 Å². The van der Waals surface area contributed by atoms with E-state index >= 15 is 0 Å². The zero-order valence-corrected chi connectivity index (χ0v) is 12.0. The van der Waals surface area contributed by atoms with Crippen molar-refractivity contribution in [2.45, 2.75) is 32.4 Å². The first kappa shape index (κ1) is 13.6. The van der Waals surface area contributed by atoms with Crippen molar-refractivity contribution in [2.24, 2.45) is 11.8 Å². The number of hydrogen-bond acceptors (Lipinski definition) is 5. The van der Waals surface area contributed by atoms with Crippen LogP contribution in [0.2, 0.25) is 0 Å². The van der Waals surface area contributed by atoms with E-state index in [2.05, 4.69) is 10.3 Å². The number of aromatic nitrogens is 1. The highest BCUT2D eigenvalue weighted by molar-refractivity contribution is 5.92. The average molecular weight is 280 g/mol. The fourth-order valence-electron chi connectivity index (χ4n) is 3.39. The number of methoxy groups -OCH3 is 1. The molecule has 2 aliphatic rings. The van der Waals surface area contributed by atoms with Crippen LogP contribution in [-0.2, 0) is 9.47 Å². The van der Waals surface area contributed by atoms with E-state index in [9.17, 15) is 4.79 Å². The summed E-state index contributed by atoms with van der Waals surface area (Å²) in [6.07, 6.45) is 1.21. The zero-order valence-electron chi connectivity index (χ0n) is 12.0. The predicted molar refractivity (Wildman–Crippen MR) is 70.4 cm³/mol. The van der Waals surface area contributed by atoms with Gasteiger partial charge in [-0.15, -0.1) is 0 Å². The third-order valence-electron chi connectivity index (χ3n) is 4.29. The Morgan fingerprint density at radius 1 is 1.50 bits per heavy atom. The summed E-state index contributed by atoms with van der Waals surface area (Å²) in [6, 6.07) is 0.0970. The number of carbonyl (C=O) groups is 1. The summed E-state index contributed by atoms with van der Waals surface area (Å²) in [5, 5.41) is 3.06. The quantitative estimate of drug-likeness (QED) is 0.893. The first-order valence-corrected chi connectivity index (χ1v) is 6.97. The lowest BCUT2D eigenvalue weighted by molar-refractivity contribution is -0.0811. The van der Waals surface area contributed by atoms with Crippen LogP contribution in [0.25, 0.3) is 0 Å². The monoisotopic (exact) mass is 280 g/mol. The molecule has 0 aromatic carbocycles. The summed E-state index contributed by atoms with van der Waals surface area (Å²) < 4.78 is 16.3. The normalized spacial score (nSPS) is 31.8. The Balaban J connectivity index is 1.70. The van der Waals surface area contributed by atoms with Crippen molar-refractivity contribution in [3.05, 3.63) is 17.3 Å². The van der Waals surface area contributed by atoms with Crippen LogP contribution in [0.4, 0.5) is 0 Å². The average Bonchev–Trinajstić information content (AvgIpc) is 2.97. The van der Waals surface area contributed by atoms with E-state index in [1.54, 1.807) is 21.0 Å². The number of amides is 1. The maximum absolute atomic E-state index is 12.3. The molecule has 1 amide bonds. The van der Waals surface area contributed by atoms with Gasteiger partial charge in [-0.25, -0.2) is 4.98 Å². The van der Waals surface area contributed by atoms with Gasteiger partial charge in [0.15, 0.2) is 5.89 Å². The fourth-order valence-corrected chi connectivity index (χ4v) is 3.39. The van der Waals surface area contributed by atoms with Crippen molar-refractivity contribution >= 4 is 5.91 Å². The highest BCUT2D eigenvalue weighted by Crippen LogP contribution is 2.43. The Hall–Kier alpha value is -1.40. The minimum atomic E-state index is -0.195. The molecule has 6 heteroatoms. The van der Waals surface area contributed by atoms with E-state index in [0.717, 1.165) is 13.0 Å². The lowest BCUT2D eigenvalue weighted by Gasteiger charge is -2.47. The van der Waals surface area contributed by atoms with Gasteiger partial charge in [0.1, 0.15) is 0 Å². The Labute approximate surface area is 117 Å². The summed E-state index contributed by atoms with van der Waals surface area (Å²) >= 11 is 0. The molecule has 0 radical (unpaired) electrons. The van der Waals surface area contributed by atoms with Crippen molar-refractivity contribution in [2.75, 3.05) is 20.3 Å². The van der Waals surface area contributed by atoms with E-state index in [1.165, 1.54) is 0 Å². The van der Waals surface area contributed by atoms with Gasteiger partial charge in [0.05, 0.1) is 18.4 Å². The molecule has 3 rings (SSSR count). The molecule has 20 heavy (non-hydrogen) atoms. The van der Waals surface area contributed by atoms with Crippen LogP contribution in [0.3, 0.4) is 0 Å². The molecule has 1 aromatic heterocycles. The van der Waals surface area contributed by atoms with Gasteiger partial charge in [0.25, 0.3) is 5.91 Å². The molecule has 1 aromatic rings. The van der Waals surface area contributed by atoms with E-state index in [1.807, 2.05) is 0 Å². The SMILES string of the molecule is COC[C@@H]1[C@H](NC(=O)c2oc(C)nc2C)[C@@H]2CCO[C@H]12. The molecule has 2 heterocycles. The molecule has 4 atom stereocenters. The van der Waals surface area contributed by atoms with Gasteiger partial charge in [-0.3, -0.25) is 4.79 Å². The molecule has 6 nitrogen and oxygen atoms in total. The molecule has 0 bridgehead atoms. The number of fused-ring (bicyclic) bond motifs is 1. The van der Waals surface area contributed by atoms with Crippen molar-refractivity contribution in [1.29, 1.82) is 0 Å². The first-order valence-electron chi connectivity index (χ1n) is 6.97. The second kappa shape index (κ2) is 5.18. The zero-order chi connectivity index (χ0) is 14.3. The van der Waals surface area contributed by atoms with Gasteiger partial charge >= 0.3 is 0 Å². The van der Waals surface area contributed by atoms with Gasteiger partial charge in [-0.05, 0) is 13.3 Å². The molecule has 1 aliphatic carbocycles. The molecule has 0 unspecified atom stereocenters. The molecule has 1 saturated heterocycles. The lowest BCUT2D eigenvalue weighted by atomic mass is 9.67. The van der Waals surface area contributed by atoms with Crippen LogP contribution in [-0.4, -0.2) is 43.4 Å². The van der Waals surface area contributed by atoms with Gasteiger partial charge in [-0.2, -0.15) is 0 Å². The summed E-state index contributed by atoms with van der Waals surface area (Å²) in [5.41, 5.74) is 0.627. The van der Waals surface area contributed by atoms with Crippen molar-refractivity contribution in [3.8, 4) is 0 Å².